The number of rotatable bonds is 2. The molecule has 0 aromatic carbocycles. The molecule has 0 unspecified atom stereocenters. The molecule has 1 aromatic heterocycles. The smallest absolute Gasteiger partial charge is 0.307 e. The molecule has 0 aliphatic rings. The molecule has 0 aliphatic heterocycles. The Hall–Kier alpha value is -0.720. The fourth-order valence-corrected chi connectivity index (χ4v) is 1.26. The van der Waals surface area contributed by atoms with E-state index in [1.165, 1.54) is 12.3 Å². The standard InChI is InChI=1S/C7H5FINO2/c8-7-6(9)4(1-2-10-7)3-5(11)12/h1-2H,3H2,(H,11,12). The Bertz CT molecular complexity index is 316. The normalized spacial score (nSPS) is 9.83. The molecule has 0 spiro atoms. The number of carbonyl (C=O) groups is 1. The maximum atomic E-state index is 12.7. The van der Waals surface area contributed by atoms with Crippen LogP contribution < -0.4 is 0 Å². The Morgan fingerprint density at radius 1 is 1.75 bits per heavy atom. The van der Waals surface area contributed by atoms with E-state index in [4.69, 9.17) is 5.11 Å². The SMILES string of the molecule is O=C(O)Cc1ccnc(F)c1I. The molecule has 0 amide bonds. The summed E-state index contributed by atoms with van der Waals surface area (Å²) in [5, 5.41) is 8.44. The van der Waals surface area contributed by atoms with E-state index >= 15 is 0 Å². The molecule has 1 aromatic rings. The van der Waals surface area contributed by atoms with Gasteiger partial charge in [-0.1, -0.05) is 0 Å². The van der Waals surface area contributed by atoms with Crippen molar-refractivity contribution in [1.29, 1.82) is 0 Å². The van der Waals surface area contributed by atoms with Crippen molar-refractivity contribution in [3.63, 3.8) is 0 Å². The van der Waals surface area contributed by atoms with Crippen molar-refractivity contribution in [3.8, 4) is 0 Å². The van der Waals surface area contributed by atoms with E-state index < -0.39 is 11.9 Å². The molecule has 1 N–H and O–H groups in total. The number of hydrogen-bond donors (Lipinski definition) is 1. The summed E-state index contributed by atoms with van der Waals surface area (Å²) >= 11 is 1.74. The summed E-state index contributed by atoms with van der Waals surface area (Å²) in [4.78, 5) is 13.7. The highest BCUT2D eigenvalue weighted by molar-refractivity contribution is 14.1. The van der Waals surface area contributed by atoms with Gasteiger partial charge in [-0.2, -0.15) is 4.39 Å². The van der Waals surface area contributed by atoms with Gasteiger partial charge in [-0.15, -0.1) is 0 Å². The topological polar surface area (TPSA) is 50.2 Å². The molecular weight excluding hydrogens is 276 g/mol. The van der Waals surface area contributed by atoms with Gasteiger partial charge in [0.1, 0.15) is 0 Å². The van der Waals surface area contributed by atoms with Gasteiger partial charge in [-0.05, 0) is 34.2 Å². The van der Waals surface area contributed by atoms with E-state index in [9.17, 15) is 9.18 Å². The average Bonchev–Trinajstić information content (AvgIpc) is 1.98. The number of pyridine rings is 1. The zero-order chi connectivity index (χ0) is 9.14. The number of aliphatic carboxylic acids is 1. The maximum Gasteiger partial charge on any atom is 0.307 e. The van der Waals surface area contributed by atoms with Crippen molar-refractivity contribution in [2.75, 3.05) is 0 Å². The van der Waals surface area contributed by atoms with Crippen molar-refractivity contribution >= 4 is 28.6 Å². The maximum absolute atomic E-state index is 12.7. The third kappa shape index (κ3) is 2.13. The van der Waals surface area contributed by atoms with Crippen LogP contribution in [0.1, 0.15) is 5.56 Å². The average molecular weight is 281 g/mol. The number of halogens is 2. The van der Waals surface area contributed by atoms with E-state index in [-0.39, 0.29) is 9.99 Å². The van der Waals surface area contributed by atoms with Gasteiger partial charge >= 0.3 is 5.97 Å². The Morgan fingerprint density at radius 2 is 2.42 bits per heavy atom. The lowest BCUT2D eigenvalue weighted by molar-refractivity contribution is -0.136. The van der Waals surface area contributed by atoms with Gasteiger partial charge in [-0.3, -0.25) is 4.79 Å². The zero-order valence-corrected chi connectivity index (χ0v) is 8.08. The van der Waals surface area contributed by atoms with E-state index in [0.29, 0.717) is 5.56 Å². The van der Waals surface area contributed by atoms with E-state index in [0.717, 1.165) is 0 Å². The summed E-state index contributed by atoms with van der Waals surface area (Å²) in [6.45, 7) is 0. The molecule has 0 atom stereocenters. The predicted molar refractivity (Wildman–Crippen MR) is 48.3 cm³/mol. The van der Waals surface area contributed by atoms with Crippen molar-refractivity contribution in [2.24, 2.45) is 0 Å². The summed E-state index contributed by atoms with van der Waals surface area (Å²) in [5.74, 6) is -1.59. The Balaban J connectivity index is 3.00. The number of carboxylic acids is 1. The molecule has 12 heavy (non-hydrogen) atoms. The Kier molecular flexibility index (Phi) is 2.96. The van der Waals surface area contributed by atoms with Gasteiger partial charge < -0.3 is 5.11 Å². The summed E-state index contributed by atoms with van der Waals surface area (Å²) < 4.78 is 13.0. The van der Waals surface area contributed by atoms with Crippen LogP contribution in [0.25, 0.3) is 0 Å². The Morgan fingerprint density at radius 3 is 3.00 bits per heavy atom. The monoisotopic (exact) mass is 281 g/mol. The van der Waals surface area contributed by atoms with Gasteiger partial charge in [0, 0.05) is 6.20 Å². The molecule has 0 saturated carbocycles. The fourth-order valence-electron chi connectivity index (χ4n) is 0.754. The molecule has 0 bridgehead atoms. The molecule has 1 heterocycles. The van der Waals surface area contributed by atoms with Gasteiger partial charge in [0.05, 0.1) is 9.99 Å². The molecule has 0 fully saturated rings. The first kappa shape index (κ1) is 9.37. The van der Waals surface area contributed by atoms with Crippen molar-refractivity contribution in [3.05, 3.63) is 27.3 Å². The van der Waals surface area contributed by atoms with Crippen molar-refractivity contribution < 1.29 is 14.3 Å². The van der Waals surface area contributed by atoms with Gasteiger partial charge in [0.15, 0.2) is 0 Å². The van der Waals surface area contributed by atoms with Crippen LogP contribution in [0.2, 0.25) is 0 Å². The highest BCUT2D eigenvalue weighted by atomic mass is 127. The first-order chi connectivity index (χ1) is 5.61. The molecule has 0 aliphatic carbocycles. The van der Waals surface area contributed by atoms with Crippen LogP contribution in [0.3, 0.4) is 0 Å². The van der Waals surface area contributed by atoms with E-state index in [1.54, 1.807) is 22.6 Å². The number of nitrogens with zero attached hydrogens (tertiary/aromatic N) is 1. The largest absolute Gasteiger partial charge is 0.481 e. The summed E-state index contributed by atoms with van der Waals surface area (Å²) in [6, 6.07) is 1.50. The summed E-state index contributed by atoms with van der Waals surface area (Å²) in [6.07, 6.45) is 1.09. The molecule has 64 valence electrons. The lowest BCUT2D eigenvalue weighted by atomic mass is 10.2. The Labute approximate surface area is 81.8 Å². The molecule has 0 saturated heterocycles. The molecular formula is C7H5FINO2. The van der Waals surface area contributed by atoms with Gasteiger partial charge in [0.2, 0.25) is 5.95 Å². The van der Waals surface area contributed by atoms with Crippen LogP contribution in [0, 0.1) is 9.52 Å². The highest BCUT2D eigenvalue weighted by Gasteiger charge is 2.08. The first-order valence-electron chi connectivity index (χ1n) is 3.12. The van der Waals surface area contributed by atoms with E-state index in [1.807, 2.05) is 0 Å². The minimum atomic E-state index is -0.974. The number of carboxylic acid groups (broad SMARTS) is 1. The van der Waals surface area contributed by atoms with E-state index in [2.05, 4.69) is 4.98 Å². The lowest BCUT2D eigenvalue weighted by Crippen LogP contribution is -2.03. The van der Waals surface area contributed by atoms with Gasteiger partial charge in [0.25, 0.3) is 0 Å². The predicted octanol–water partition coefficient (Wildman–Crippen LogP) is 1.45. The molecule has 0 radical (unpaired) electrons. The lowest BCUT2D eigenvalue weighted by Gasteiger charge is -1.99. The van der Waals surface area contributed by atoms with Crippen molar-refractivity contribution in [2.45, 2.75) is 6.42 Å². The van der Waals surface area contributed by atoms with Crippen LogP contribution in [0.4, 0.5) is 4.39 Å². The minimum absolute atomic E-state index is 0.169. The molecule has 5 heteroatoms. The fraction of sp³-hybridized carbons (Fsp3) is 0.143. The zero-order valence-electron chi connectivity index (χ0n) is 5.92. The van der Waals surface area contributed by atoms with Crippen molar-refractivity contribution in [1.82, 2.24) is 4.98 Å². The number of aromatic nitrogens is 1. The molecule has 1 rings (SSSR count). The second-order valence-corrected chi connectivity index (χ2v) is 3.22. The third-order valence-electron chi connectivity index (χ3n) is 1.27. The first-order valence-corrected chi connectivity index (χ1v) is 4.20. The van der Waals surface area contributed by atoms with Crippen LogP contribution in [0.5, 0.6) is 0 Å². The summed E-state index contributed by atoms with van der Waals surface area (Å²) in [5.41, 5.74) is 0.454. The molecule has 3 nitrogen and oxygen atoms in total. The van der Waals surface area contributed by atoms with Gasteiger partial charge in [-0.25, -0.2) is 4.98 Å². The van der Waals surface area contributed by atoms with Crippen LogP contribution in [-0.2, 0) is 11.2 Å². The minimum Gasteiger partial charge on any atom is -0.481 e. The second-order valence-electron chi connectivity index (χ2n) is 2.15. The quantitative estimate of drug-likeness (QED) is 0.659. The second kappa shape index (κ2) is 3.79. The van der Waals surface area contributed by atoms with Crippen LogP contribution in [0.15, 0.2) is 12.3 Å². The summed E-state index contributed by atoms with van der Waals surface area (Å²) in [7, 11) is 0. The third-order valence-corrected chi connectivity index (χ3v) is 2.41. The van der Waals surface area contributed by atoms with Crippen LogP contribution >= 0.6 is 22.6 Å². The number of hydrogen-bond acceptors (Lipinski definition) is 2. The van der Waals surface area contributed by atoms with Crippen LogP contribution in [-0.4, -0.2) is 16.1 Å². The highest BCUT2D eigenvalue weighted by Crippen LogP contribution is 2.14.